The number of aliphatic hydroxyl groups excluding tert-OH is 1. The van der Waals surface area contributed by atoms with Gasteiger partial charge in [0.15, 0.2) is 5.78 Å². The van der Waals surface area contributed by atoms with Crippen LogP contribution in [0.2, 0.25) is 0 Å². The highest BCUT2D eigenvalue weighted by molar-refractivity contribution is 5.99. The zero-order chi connectivity index (χ0) is 19.7. The molecule has 4 rings (SSSR count). The molecule has 1 atom stereocenters. The van der Waals surface area contributed by atoms with Gasteiger partial charge in [0.05, 0.1) is 23.6 Å². The van der Waals surface area contributed by atoms with Crippen LogP contribution >= 0.6 is 0 Å². The summed E-state index contributed by atoms with van der Waals surface area (Å²) in [5.41, 5.74) is 4.90. The van der Waals surface area contributed by atoms with E-state index in [2.05, 4.69) is 33.8 Å². The van der Waals surface area contributed by atoms with Gasteiger partial charge in [-0.2, -0.15) is 0 Å². The van der Waals surface area contributed by atoms with Gasteiger partial charge in [-0.05, 0) is 37.3 Å². The molecule has 2 heterocycles. The van der Waals surface area contributed by atoms with Crippen molar-refractivity contribution in [3.05, 3.63) is 52.3 Å². The van der Waals surface area contributed by atoms with Crippen molar-refractivity contribution in [3.63, 3.8) is 0 Å². The second kappa shape index (κ2) is 7.97. The third-order valence-corrected chi connectivity index (χ3v) is 6.00. The molecule has 28 heavy (non-hydrogen) atoms. The Morgan fingerprint density at radius 2 is 1.82 bits per heavy atom. The number of aryl methyl sites for hydroxylation is 2. The number of fused-ring (bicyclic) bond motifs is 1. The first-order chi connectivity index (χ1) is 13.6. The van der Waals surface area contributed by atoms with Gasteiger partial charge < -0.3 is 10.0 Å². The van der Waals surface area contributed by atoms with E-state index in [1.807, 2.05) is 19.1 Å². The highest BCUT2D eigenvalue weighted by atomic mass is 16.3. The Kier molecular flexibility index (Phi) is 5.42. The van der Waals surface area contributed by atoms with Crippen LogP contribution in [0.3, 0.4) is 0 Å². The van der Waals surface area contributed by atoms with Crippen molar-refractivity contribution >= 4 is 11.7 Å². The maximum Gasteiger partial charge on any atom is 0.225 e. The molecule has 1 fully saturated rings. The van der Waals surface area contributed by atoms with Crippen LogP contribution in [0, 0.1) is 13.8 Å². The lowest BCUT2D eigenvalue weighted by Crippen LogP contribution is -2.48. The predicted octanol–water partition coefficient (Wildman–Crippen LogP) is 2.12. The summed E-state index contributed by atoms with van der Waals surface area (Å²) in [7, 11) is 0. The summed E-state index contributed by atoms with van der Waals surface area (Å²) in [6, 6.07) is 8.33. The standard InChI is InChI=1S/C22H28N4O2/c1-15-5-3-4-6-18(15)17-13-19-21(20(28)14-17)16(2)23-22(24-19)26-9-7-25(8-10-26)11-12-27/h3-6,17,27H,7-14H2,1-2H3. The number of benzene rings is 1. The van der Waals surface area contributed by atoms with E-state index in [9.17, 15) is 4.79 Å². The normalized spacial score (nSPS) is 20.3. The average molecular weight is 380 g/mol. The number of hydrogen-bond acceptors (Lipinski definition) is 6. The van der Waals surface area contributed by atoms with Gasteiger partial charge in [-0.15, -0.1) is 0 Å². The molecular formula is C22H28N4O2. The monoisotopic (exact) mass is 380 g/mol. The van der Waals surface area contributed by atoms with Gasteiger partial charge in [0, 0.05) is 39.1 Å². The first kappa shape index (κ1) is 19.0. The minimum absolute atomic E-state index is 0.159. The predicted molar refractivity (Wildman–Crippen MR) is 109 cm³/mol. The summed E-state index contributed by atoms with van der Waals surface area (Å²) in [5, 5.41) is 9.12. The SMILES string of the molecule is Cc1ccccc1C1CC(=O)c2c(C)nc(N3CCN(CCO)CC3)nc2C1. The minimum Gasteiger partial charge on any atom is -0.395 e. The Bertz CT molecular complexity index is 875. The summed E-state index contributed by atoms with van der Waals surface area (Å²) in [5.74, 6) is 1.08. The molecule has 6 nitrogen and oxygen atoms in total. The van der Waals surface area contributed by atoms with Crippen LogP contribution in [-0.2, 0) is 6.42 Å². The molecule has 1 aromatic carbocycles. The fourth-order valence-corrected chi connectivity index (χ4v) is 4.48. The minimum atomic E-state index is 0.159. The number of carbonyl (C=O) groups excluding carboxylic acids is 1. The van der Waals surface area contributed by atoms with E-state index in [0.717, 1.165) is 55.5 Å². The van der Waals surface area contributed by atoms with Gasteiger partial charge in [0.2, 0.25) is 5.95 Å². The van der Waals surface area contributed by atoms with Crippen LogP contribution in [0.5, 0.6) is 0 Å². The van der Waals surface area contributed by atoms with Crippen molar-refractivity contribution in [2.75, 3.05) is 44.2 Å². The molecule has 1 unspecified atom stereocenters. The quantitative estimate of drug-likeness (QED) is 0.876. The fourth-order valence-electron chi connectivity index (χ4n) is 4.48. The van der Waals surface area contributed by atoms with Crippen LogP contribution in [-0.4, -0.2) is 65.1 Å². The van der Waals surface area contributed by atoms with Crippen molar-refractivity contribution in [2.45, 2.75) is 32.6 Å². The average Bonchev–Trinajstić information content (AvgIpc) is 2.68. The third kappa shape index (κ3) is 3.66. The van der Waals surface area contributed by atoms with Crippen molar-refractivity contribution in [2.24, 2.45) is 0 Å². The van der Waals surface area contributed by atoms with E-state index >= 15 is 0 Å². The Labute approximate surface area is 166 Å². The number of aliphatic hydroxyl groups is 1. The van der Waals surface area contributed by atoms with Crippen molar-refractivity contribution in [1.82, 2.24) is 14.9 Å². The first-order valence-corrected chi connectivity index (χ1v) is 10.1. The van der Waals surface area contributed by atoms with Gasteiger partial charge in [0.25, 0.3) is 0 Å². The van der Waals surface area contributed by atoms with Crippen molar-refractivity contribution < 1.29 is 9.90 Å². The molecule has 1 saturated heterocycles. The van der Waals surface area contributed by atoms with Gasteiger partial charge >= 0.3 is 0 Å². The topological polar surface area (TPSA) is 69.6 Å². The number of anilines is 1. The number of ketones is 1. The molecule has 0 bridgehead atoms. The number of aromatic nitrogens is 2. The molecule has 2 aliphatic rings. The van der Waals surface area contributed by atoms with Crippen LogP contribution in [0.25, 0.3) is 0 Å². The summed E-state index contributed by atoms with van der Waals surface area (Å²) in [4.78, 5) is 26.9. The Hall–Kier alpha value is -2.31. The molecular weight excluding hydrogens is 352 g/mol. The van der Waals surface area contributed by atoms with Gasteiger partial charge in [-0.25, -0.2) is 9.97 Å². The summed E-state index contributed by atoms with van der Waals surface area (Å²) in [6.45, 7) is 8.41. The molecule has 148 valence electrons. The van der Waals surface area contributed by atoms with Crippen LogP contribution in [0.4, 0.5) is 5.95 Å². The Balaban J connectivity index is 1.60. The first-order valence-electron chi connectivity index (χ1n) is 10.1. The highest BCUT2D eigenvalue weighted by Crippen LogP contribution is 2.35. The second-order valence-corrected chi connectivity index (χ2v) is 7.87. The second-order valence-electron chi connectivity index (χ2n) is 7.87. The fraction of sp³-hybridized carbons (Fsp3) is 0.500. The molecule has 1 aliphatic heterocycles. The third-order valence-electron chi connectivity index (χ3n) is 6.00. The summed E-state index contributed by atoms with van der Waals surface area (Å²) < 4.78 is 0. The Morgan fingerprint density at radius 3 is 2.54 bits per heavy atom. The number of Topliss-reactive ketones (excluding diaryl/α,β-unsaturated/α-hetero) is 1. The highest BCUT2D eigenvalue weighted by Gasteiger charge is 2.31. The molecule has 1 N–H and O–H groups in total. The van der Waals surface area contributed by atoms with Gasteiger partial charge in [-0.1, -0.05) is 24.3 Å². The number of β-amino-alcohol motifs (C(OH)–C–C–N with tert-alkyl or cyclic N) is 1. The van der Waals surface area contributed by atoms with E-state index in [-0.39, 0.29) is 18.3 Å². The van der Waals surface area contributed by atoms with Crippen LogP contribution < -0.4 is 4.90 Å². The zero-order valence-electron chi connectivity index (χ0n) is 16.7. The zero-order valence-corrected chi connectivity index (χ0v) is 16.7. The molecule has 1 aromatic heterocycles. The smallest absolute Gasteiger partial charge is 0.225 e. The largest absolute Gasteiger partial charge is 0.395 e. The maximum absolute atomic E-state index is 12.9. The maximum atomic E-state index is 12.9. The number of carbonyl (C=O) groups is 1. The molecule has 2 aromatic rings. The molecule has 0 spiro atoms. The van der Waals surface area contributed by atoms with Crippen LogP contribution in [0.1, 0.15) is 45.2 Å². The van der Waals surface area contributed by atoms with Gasteiger partial charge in [0.1, 0.15) is 0 Å². The molecule has 0 saturated carbocycles. The Morgan fingerprint density at radius 1 is 1.07 bits per heavy atom. The van der Waals surface area contributed by atoms with Crippen LogP contribution in [0.15, 0.2) is 24.3 Å². The number of piperazine rings is 1. The van der Waals surface area contributed by atoms with E-state index in [1.54, 1.807) is 0 Å². The lowest BCUT2D eigenvalue weighted by atomic mass is 9.80. The van der Waals surface area contributed by atoms with Gasteiger partial charge in [-0.3, -0.25) is 9.69 Å². The van der Waals surface area contributed by atoms with Crippen molar-refractivity contribution in [1.29, 1.82) is 0 Å². The molecule has 6 heteroatoms. The van der Waals surface area contributed by atoms with Crippen molar-refractivity contribution in [3.8, 4) is 0 Å². The lowest BCUT2D eigenvalue weighted by molar-refractivity contribution is 0.0962. The van der Waals surface area contributed by atoms with E-state index in [1.165, 1.54) is 11.1 Å². The molecule has 0 radical (unpaired) electrons. The molecule has 0 amide bonds. The molecule has 1 aliphatic carbocycles. The number of hydrogen-bond donors (Lipinski definition) is 1. The van der Waals surface area contributed by atoms with E-state index in [4.69, 9.17) is 10.1 Å². The van der Waals surface area contributed by atoms with E-state index < -0.39 is 0 Å². The lowest BCUT2D eigenvalue weighted by Gasteiger charge is -2.35. The number of nitrogens with zero attached hydrogens (tertiary/aromatic N) is 4. The number of rotatable bonds is 4. The summed E-state index contributed by atoms with van der Waals surface area (Å²) in [6.07, 6.45) is 1.31. The summed E-state index contributed by atoms with van der Waals surface area (Å²) >= 11 is 0. The van der Waals surface area contributed by atoms with E-state index in [0.29, 0.717) is 13.0 Å².